The van der Waals surface area contributed by atoms with E-state index in [0.29, 0.717) is 11.5 Å². The molecular formula is C27H32O2. The first-order chi connectivity index (χ1) is 13.5. The Morgan fingerprint density at radius 3 is 1.00 bits per heavy atom. The zero-order chi connectivity index (χ0) is 21.7. The minimum atomic E-state index is -0.421. The minimum Gasteiger partial charge on any atom is -0.507 e. The molecule has 0 spiro atoms. The predicted molar refractivity (Wildman–Crippen MR) is 121 cm³/mol. The number of aromatic hydroxyl groups is 2. The molecule has 29 heavy (non-hydrogen) atoms. The molecule has 0 aliphatic rings. The number of rotatable bonds is 3. The second-order valence-electron chi connectivity index (χ2n) is 8.78. The lowest BCUT2D eigenvalue weighted by Crippen LogP contribution is -2.26. The average Bonchev–Trinajstić information content (AvgIpc) is 2.66. The third-order valence-corrected chi connectivity index (χ3v) is 6.64. The topological polar surface area (TPSA) is 40.5 Å². The summed E-state index contributed by atoms with van der Waals surface area (Å²) in [4.78, 5) is 0. The fraction of sp³-hybridized carbons (Fsp3) is 0.333. The van der Waals surface area contributed by atoms with Gasteiger partial charge in [0.25, 0.3) is 0 Å². The van der Waals surface area contributed by atoms with E-state index in [1.807, 2.05) is 27.7 Å². The molecule has 0 radical (unpaired) electrons. The van der Waals surface area contributed by atoms with Crippen LogP contribution in [0.3, 0.4) is 0 Å². The summed E-state index contributed by atoms with van der Waals surface area (Å²) in [6.45, 7) is 16.5. The summed E-state index contributed by atoms with van der Waals surface area (Å²) in [6, 6.07) is 12.9. The van der Waals surface area contributed by atoms with Crippen molar-refractivity contribution < 1.29 is 10.2 Å². The number of hydrogen-bond acceptors (Lipinski definition) is 2. The molecule has 0 fully saturated rings. The Morgan fingerprint density at radius 2 is 0.724 bits per heavy atom. The third kappa shape index (κ3) is 3.42. The minimum absolute atomic E-state index is 0.352. The van der Waals surface area contributed by atoms with Gasteiger partial charge in [0.15, 0.2) is 0 Å². The molecule has 0 aromatic heterocycles. The molecule has 0 unspecified atom stereocenters. The Kier molecular flexibility index (Phi) is 5.25. The summed E-state index contributed by atoms with van der Waals surface area (Å²) in [5.41, 5.74) is 10.4. The molecule has 2 nitrogen and oxygen atoms in total. The Hall–Kier alpha value is -2.74. The first kappa shape index (κ1) is 21.0. The molecule has 152 valence electrons. The van der Waals surface area contributed by atoms with E-state index in [2.05, 4.69) is 64.1 Å². The van der Waals surface area contributed by atoms with Gasteiger partial charge in [-0.05, 0) is 111 Å². The van der Waals surface area contributed by atoms with Crippen LogP contribution in [0.5, 0.6) is 11.5 Å². The van der Waals surface area contributed by atoms with Gasteiger partial charge in [-0.2, -0.15) is 0 Å². The number of hydrogen-bond donors (Lipinski definition) is 2. The molecule has 0 saturated carbocycles. The van der Waals surface area contributed by atoms with Gasteiger partial charge in [0.1, 0.15) is 11.5 Å². The molecule has 3 aromatic carbocycles. The van der Waals surface area contributed by atoms with E-state index in [0.717, 1.165) is 33.4 Å². The predicted octanol–water partition coefficient (Wildman–Crippen LogP) is 6.61. The molecule has 0 amide bonds. The summed E-state index contributed by atoms with van der Waals surface area (Å²) in [5.74, 6) is 0.705. The first-order valence-corrected chi connectivity index (χ1v) is 10.2. The Morgan fingerprint density at radius 1 is 0.483 bits per heavy atom. The average molecular weight is 389 g/mol. The lowest BCUT2D eigenvalue weighted by Gasteiger charge is -2.34. The fourth-order valence-electron chi connectivity index (χ4n) is 4.31. The number of aryl methyl sites for hydroxylation is 6. The zero-order valence-electron chi connectivity index (χ0n) is 18.9. The van der Waals surface area contributed by atoms with E-state index in [4.69, 9.17) is 0 Å². The normalized spacial score (nSPS) is 11.7. The van der Waals surface area contributed by atoms with Crippen molar-refractivity contribution in [1.82, 2.24) is 0 Å². The molecule has 0 aliphatic heterocycles. The van der Waals surface area contributed by atoms with Crippen LogP contribution in [0.15, 0.2) is 36.4 Å². The highest BCUT2D eigenvalue weighted by atomic mass is 16.3. The highest BCUT2D eigenvalue weighted by Crippen LogP contribution is 2.43. The van der Waals surface area contributed by atoms with Gasteiger partial charge in [0, 0.05) is 5.41 Å². The second kappa shape index (κ2) is 7.26. The van der Waals surface area contributed by atoms with Crippen LogP contribution in [-0.2, 0) is 5.41 Å². The van der Waals surface area contributed by atoms with Crippen LogP contribution in [0, 0.1) is 48.5 Å². The zero-order valence-corrected chi connectivity index (χ0v) is 18.9. The summed E-state index contributed by atoms with van der Waals surface area (Å²) in [7, 11) is 0. The van der Waals surface area contributed by atoms with Crippen LogP contribution in [-0.4, -0.2) is 10.2 Å². The molecule has 0 aliphatic carbocycles. The van der Waals surface area contributed by atoms with Gasteiger partial charge in [-0.1, -0.05) is 36.4 Å². The maximum Gasteiger partial charge on any atom is 0.121 e. The van der Waals surface area contributed by atoms with Crippen molar-refractivity contribution in [3.8, 4) is 11.5 Å². The van der Waals surface area contributed by atoms with Crippen molar-refractivity contribution in [2.24, 2.45) is 0 Å². The molecule has 3 aromatic rings. The lowest BCUT2D eigenvalue weighted by atomic mass is 9.69. The summed E-state index contributed by atoms with van der Waals surface area (Å²) < 4.78 is 0. The first-order valence-electron chi connectivity index (χ1n) is 10.2. The Balaban J connectivity index is 2.42. The molecule has 0 bridgehead atoms. The van der Waals surface area contributed by atoms with E-state index >= 15 is 0 Å². The van der Waals surface area contributed by atoms with Crippen LogP contribution < -0.4 is 0 Å². The van der Waals surface area contributed by atoms with Crippen molar-refractivity contribution in [1.29, 1.82) is 0 Å². The maximum absolute atomic E-state index is 10.4. The molecule has 3 rings (SSSR count). The molecule has 0 heterocycles. The second-order valence-corrected chi connectivity index (χ2v) is 8.78. The van der Waals surface area contributed by atoms with Crippen LogP contribution in [0.1, 0.15) is 62.6 Å². The van der Waals surface area contributed by atoms with E-state index in [1.165, 1.54) is 22.3 Å². The SMILES string of the molecule is Cc1cc(C(C)(c2cc(C)c(O)c(C)c2)c2cc(C)c(O)c(C)c2)cc(C)c1C. The maximum atomic E-state index is 10.4. The van der Waals surface area contributed by atoms with Crippen LogP contribution >= 0.6 is 0 Å². The molecule has 2 heteroatoms. The lowest BCUT2D eigenvalue weighted by molar-refractivity contribution is 0.465. The van der Waals surface area contributed by atoms with Gasteiger partial charge >= 0.3 is 0 Å². The quantitative estimate of drug-likeness (QED) is 0.496. The Bertz CT molecular complexity index is 897. The van der Waals surface area contributed by atoms with Crippen LogP contribution in [0.4, 0.5) is 0 Å². The molecule has 2 N–H and O–H groups in total. The summed E-state index contributed by atoms with van der Waals surface area (Å²) >= 11 is 0. The summed E-state index contributed by atoms with van der Waals surface area (Å²) in [6.07, 6.45) is 0. The molecule has 0 saturated heterocycles. The van der Waals surface area contributed by atoms with Crippen molar-refractivity contribution >= 4 is 0 Å². The standard InChI is InChI=1S/C27H32O2/c1-15-9-22(10-16(2)21(15)7)27(8,23-11-17(3)25(28)18(4)12-23)24-13-19(5)26(29)20(6)14-24/h9-14,28-29H,1-8H3. The number of phenols is 2. The van der Waals surface area contributed by atoms with Crippen LogP contribution in [0.25, 0.3) is 0 Å². The van der Waals surface area contributed by atoms with Crippen molar-refractivity contribution in [2.75, 3.05) is 0 Å². The van der Waals surface area contributed by atoms with E-state index in [-0.39, 0.29) is 0 Å². The highest BCUT2D eigenvalue weighted by molar-refractivity contribution is 5.58. The van der Waals surface area contributed by atoms with Gasteiger partial charge in [-0.25, -0.2) is 0 Å². The van der Waals surface area contributed by atoms with Gasteiger partial charge < -0.3 is 10.2 Å². The number of benzene rings is 3. The third-order valence-electron chi connectivity index (χ3n) is 6.64. The van der Waals surface area contributed by atoms with E-state index < -0.39 is 5.41 Å². The smallest absolute Gasteiger partial charge is 0.121 e. The van der Waals surface area contributed by atoms with Gasteiger partial charge in [0.2, 0.25) is 0 Å². The monoisotopic (exact) mass is 388 g/mol. The molecule has 0 atom stereocenters. The highest BCUT2D eigenvalue weighted by Gasteiger charge is 2.33. The Labute approximate surface area is 174 Å². The van der Waals surface area contributed by atoms with Gasteiger partial charge in [-0.3, -0.25) is 0 Å². The van der Waals surface area contributed by atoms with Gasteiger partial charge in [0.05, 0.1) is 0 Å². The van der Waals surface area contributed by atoms with Gasteiger partial charge in [-0.15, -0.1) is 0 Å². The fourth-order valence-corrected chi connectivity index (χ4v) is 4.31. The number of phenolic OH excluding ortho intramolecular Hbond substituents is 2. The largest absolute Gasteiger partial charge is 0.507 e. The van der Waals surface area contributed by atoms with Crippen molar-refractivity contribution in [3.05, 3.63) is 92.0 Å². The van der Waals surface area contributed by atoms with Crippen molar-refractivity contribution in [3.63, 3.8) is 0 Å². The van der Waals surface area contributed by atoms with E-state index in [1.54, 1.807) is 0 Å². The van der Waals surface area contributed by atoms with Crippen molar-refractivity contribution in [2.45, 2.75) is 60.8 Å². The van der Waals surface area contributed by atoms with Crippen LogP contribution in [0.2, 0.25) is 0 Å². The summed E-state index contributed by atoms with van der Waals surface area (Å²) in [5, 5.41) is 20.7. The molecular weight excluding hydrogens is 356 g/mol. The van der Waals surface area contributed by atoms with E-state index in [9.17, 15) is 10.2 Å².